The number of para-hydroxylation sites is 2. The zero-order valence-electron chi connectivity index (χ0n) is 19.3. The van der Waals surface area contributed by atoms with Crippen LogP contribution < -0.4 is 16.6 Å². The molecule has 2 bridgehead atoms. The molecule has 10 nitrogen and oxygen atoms in total. The number of fused-ring (bicyclic) bond motifs is 4. The number of ether oxygens (including phenoxy) is 2. The number of benzene rings is 2. The van der Waals surface area contributed by atoms with Gasteiger partial charge in [0.15, 0.2) is 27.4 Å². The second kappa shape index (κ2) is 8.89. The third-order valence-corrected chi connectivity index (χ3v) is 7.28. The molecule has 0 amide bonds. The molecule has 2 aliphatic heterocycles. The van der Waals surface area contributed by atoms with Gasteiger partial charge in [-0.15, -0.1) is 0 Å². The van der Waals surface area contributed by atoms with E-state index >= 15 is 0 Å². The first kappa shape index (κ1) is 23.0. The Morgan fingerprint density at radius 2 is 1.86 bits per heavy atom. The van der Waals surface area contributed by atoms with Crippen molar-refractivity contribution in [3.8, 4) is 0 Å². The highest BCUT2D eigenvalue weighted by Gasteiger charge is 2.44. The van der Waals surface area contributed by atoms with Crippen LogP contribution in [0.3, 0.4) is 0 Å². The molecule has 3 atom stereocenters. The number of aromatic nitrogens is 4. The molecule has 0 aliphatic carbocycles. The molecule has 0 spiro atoms. The fraction of sp³-hybridized carbons (Fsp3) is 0.292. The van der Waals surface area contributed by atoms with Crippen molar-refractivity contribution in [3.05, 3.63) is 69.3 Å². The van der Waals surface area contributed by atoms with Gasteiger partial charge in [-0.05, 0) is 48.7 Å². The van der Waals surface area contributed by atoms with E-state index in [9.17, 15) is 4.79 Å². The zero-order chi connectivity index (χ0) is 25.0. The Kier molecular flexibility index (Phi) is 5.67. The van der Waals surface area contributed by atoms with Crippen LogP contribution in [0.25, 0.3) is 21.8 Å². The van der Waals surface area contributed by atoms with Gasteiger partial charge in [0.25, 0.3) is 0 Å². The predicted molar refractivity (Wildman–Crippen MR) is 142 cm³/mol. The lowest BCUT2D eigenvalue weighted by molar-refractivity contribution is -0.0323. The highest BCUT2D eigenvalue weighted by molar-refractivity contribution is 7.80. The van der Waals surface area contributed by atoms with Crippen molar-refractivity contribution < 1.29 is 9.47 Å². The Morgan fingerprint density at radius 3 is 2.53 bits per heavy atom. The quantitative estimate of drug-likeness (QED) is 0.239. The monoisotopic (exact) mass is 521 g/mol. The molecule has 36 heavy (non-hydrogen) atoms. The van der Waals surface area contributed by atoms with Crippen molar-refractivity contribution >= 4 is 57.1 Å². The number of pyridine rings is 1. The van der Waals surface area contributed by atoms with Crippen molar-refractivity contribution in [2.75, 3.05) is 6.61 Å². The summed E-state index contributed by atoms with van der Waals surface area (Å²) in [6, 6.07) is 15.0. The second-order valence-corrected chi connectivity index (χ2v) is 9.65. The lowest BCUT2D eigenvalue weighted by atomic mass is 10.0. The molecular formula is C24H23N7O3S2. The largest absolute Gasteiger partial charge is 0.375 e. The average Bonchev–Trinajstić information content (AvgIpc) is 3.43. The Bertz CT molecular complexity index is 1610. The SMILES string of the molecule is Cn1c(Cn2c3ccccc3c(=O)c3ccccc32)nn(C2C/C(=N/NC(N)=S)C3OCC2O3)c1=S. The fourth-order valence-corrected chi connectivity index (χ4v) is 5.28. The van der Waals surface area contributed by atoms with Crippen molar-refractivity contribution in [2.45, 2.75) is 31.4 Å². The molecule has 3 unspecified atom stereocenters. The van der Waals surface area contributed by atoms with E-state index in [4.69, 9.17) is 44.7 Å². The third kappa shape index (κ3) is 3.73. The van der Waals surface area contributed by atoms with Crippen LogP contribution in [0.2, 0.25) is 0 Å². The van der Waals surface area contributed by atoms with Crippen LogP contribution in [0.15, 0.2) is 58.4 Å². The number of nitrogens with one attached hydrogen (secondary N) is 1. The van der Waals surface area contributed by atoms with E-state index in [1.54, 1.807) is 0 Å². The number of hydrazone groups is 1. The molecule has 6 rings (SSSR count). The summed E-state index contributed by atoms with van der Waals surface area (Å²) in [7, 11) is 1.90. The molecule has 0 radical (unpaired) electrons. The van der Waals surface area contributed by atoms with E-state index in [1.807, 2.05) is 64.8 Å². The molecular weight excluding hydrogens is 498 g/mol. The molecule has 2 fully saturated rings. The van der Waals surface area contributed by atoms with E-state index in [-0.39, 0.29) is 22.7 Å². The van der Waals surface area contributed by atoms with Crippen LogP contribution in [0.4, 0.5) is 0 Å². The van der Waals surface area contributed by atoms with Crippen molar-refractivity contribution in [2.24, 2.45) is 17.9 Å². The van der Waals surface area contributed by atoms with Crippen LogP contribution >= 0.6 is 24.4 Å². The summed E-state index contributed by atoms with van der Waals surface area (Å²) in [6.45, 7) is 0.833. The Labute approximate surface area is 215 Å². The molecule has 2 aromatic heterocycles. The summed E-state index contributed by atoms with van der Waals surface area (Å²) >= 11 is 10.7. The highest BCUT2D eigenvalue weighted by atomic mass is 32.1. The van der Waals surface area contributed by atoms with Crippen LogP contribution in [0, 0.1) is 4.77 Å². The summed E-state index contributed by atoms with van der Waals surface area (Å²) in [5.41, 5.74) is 10.5. The third-order valence-electron chi connectivity index (χ3n) is 6.73. The molecule has 2 aromatic carbocycles. The first-order chi connectivity index (χ1) is 17.4. The van der Waals surface area contributed by atoms with E-state index < -0.39 is 6.29 Å². The Balaban J connectivity index is 1.43. The molecule has 0 saturated carbocycles. The maximum atomic E-state index is 13.1. The molecule has 2 aliphatic rings. The predicted octanol–water partition coefficient (Wildman–Crippen LogP) is 2.34. The van der Waals surface area contributed by atoms with Gasteiger partial charge in [0, 0.05) is 24.2 Å². The molecule has 184 valence electrons. The number of hydrogen-bond donors (Lipinski definition) is 2. The molecule has 4 heterocycles. The van der Waals surface area contributed by atoms with Crippen LogP contribution in [-0.2, 0) is 23.1 Å². The minimum absolute atomic E-state index is 0.0174. The number of nitrogens with zero attached hydrogens (tertiary/aromatic N) is 5. The first-order valence-corrected chi connectivity index (χ1v) is 12.3. The van der Waals surface area contributed by atoms with Gasteiger partial charge in [-0.3, -0.25) is 10.2 Å². The maximum absolute atomic E-state index is 13.1. The van der Waals surface area contributed by atoms with Gasteiger partial charge >= 0.3 is 0 Å². The molecule has 4 aromatic rings. The van der Waals surface area contributed by atoms with Crippen LogP contribution in [0.1, 0.15) is 18.3 Å². The topological polar surface area (TPSA) is 114 Å². The van der Waals surface area contributed by atoms with E-state index in [2.05, 4.69) is 15.1 Å². The minimum Gasteiger partial charge on any atom is -0.375 e. The smallest absolute Gasteiger partial charge is 0.199 e. The van der Waals surface area contributed by atoms with Gasteiger partial charge in [0.2, 0.25) is 0 Å². The van der Waals surface area contributed by atoms with Crippen molar-refractivity contribution in [1.82, 2.24) is 24.3 Å². The Hall–Kier alpha value is -3.45. The fourth-order valence-electron chi connectivity index (χ4n) is 4.95. The number of nitrogens with two attached hydrogens (primary N) is 1. The first-order valence-electron chi connectivity index (χ1n) is 11.5. The van der Waals surface area contributed by atoms with Gasteiger partial charge in [0.05, 0.1) is 35.9 Å². The number of rotatable bonds is 4. The van der Waals surface area contributed by atoms with E-state index in [0.717, 1.165) is 16.9 Å². The van der Waals surface area contributed by atoms with Crippen molar-refractivity contribution in [3.63, 3.8) is 0 Å². The summed E-state index contributed by atoms with van der Waals surface area (Å²) in [5, 5.41) is 10.6. The summed E-state index contributed by atoms with van der Waals surface area (Å²) in [4.78, 5) is 13.1. The maximum Gasteiger partial charge on any atom is 0.199 e. The van der Waals surface area contributed by atoms with Gasteiger partial charge in [-0.2, -0.15) is 10.2 Å². The number of thiocarbonyl (C=S) groups is 1. The second-order valence-electron chi connectivity index (χ2n) is 8.84. The normalized spacial score (nSPS) is 22.5. The zero-order valence-corrected chi connectivity index (χ0v) is 21.0. The van der Waals surface area contributed by atoms with Gasteiger partial charge < -0.3 is 24.3 Å². The van der Waals surface area contributed by atoms with Gasteiger partial charge in [-0.25, -0.2) is 4.68 Å². The van der Waals surface area contributed by atoms with E-state index in [0.29, 0.717) is 40.8 Å². The summed E-state index contributed by atoms with van der Waals surface area (Å²) in [5.74, 6) is 0.750. The highest BCUT2D eigenvalue weighted by Crippen LogP contribution is 2.33. The lowest BCUT2D eigenvalue weighted by Crippen LogP contribution is -2.39. The van der Waals surface area contributed by atoms with Crippen molar-refractivity contribution in [1.29, 1.82) is 0 Å². The molecule has 3 N–H and O–H groups in total. The lowest BCUT2D eigenvalue weighted by Gasteiger charge is -2.28. The van der Waals surface area contributed by atoms with Gasteiger partial charge in [-0.1, -0.05) is 24.3 Å². The summed E-state index contributed by atoms with van der Waals surface area (Å²) < 4.78 is 18.2. The Morgan fingerprint density at radius 1 is 1.19 bits per heavy atom. The molecule has 12 heteroatoms. The molecule has 2 saturated heterocycles. The van der Waals surface area contributed by atoms with E-state index in [1.165, 1.54) is 0 Å². The summed E-state index contributed by atoms with van der Waals surface area (Å²) in [6.07, 6.45) is -0.216. The van der Waals surface area contributed by atoms with Crippen LogP contribution in [-0.4, -0.2) is 48.7 Å². The minimum atomic E-state index is -0.538. The van der Waals surface area contributed by atoms with Gasteiger partial charge in [0.1, 0.15) is 6.10 Å². The van der Waals surface area contributed by atoms with Crippen LogP contribution in [0.5, 0.6) is 0 Å². The number of hydrogen-bond acceptors (Lipinski definition) is 7. The average molecular weight is 522 g/mol. The standard InChI is InChI=1S/C24H23N7O3S2/c1-29-20(11-30-16-8-4-2-6-13(16)21(32)14-7-3-5-9-17(14)30)28-31(24(29)36)18-10-15(26-27-23(25)35)22-33-12-19(18)34-22/h2-9,18-19,22H,10-12H2,1H3,(H3,25,27,35)/b26-15-.